The van der Waals surface area contributed by atoms with Gasteiger partial charge in [0.2, 0.25) is 0 Å². The van der Waals surface area contributed by atoms with Gasteiger partial charge in [0, 0.05) is 45.1 Å². The summed E-state index contributed by atoms with van der Waals surface area (Å²) in [7, 11) is 0. The Balaban J connectivity index is 1.18. The molecule has 6 aromatic carbocycles. The van der Waals surface area contributed by atoms with Crippen molar-refractivity contribution in [3.8, 4) is 51.0 Å². The number of pyridine rings is 1. The molecule has 0 saturated carbocycles. The van der Waals surface area contributed by atoms with E-state index in [2.05, 4.69) is 133 Å². The largest absolute Gasteiger partial charge is 0.456 e. The van der Waals surface area contributed by atoms with Crippen LogP contribution in [0.2, 0.25) is 0 Å². The average molecular weight is 698 g/mol. The van der Waals surface area contributed by atoms with E-state index in [1.807, 2.05) is 54.9 Å². The van der Waals surface area contributed by atoms with Crippen LogP contribution >= 0.6 is 0 Å². The molecule has 0 unspecified atom stereocenters. The average Bonchev–Trinajstić information content (AvgIpc) is 3.76. The van der Waals surface area contributed by atoms with Crippen LogP contribution in [0.1, 0.15) is 26.3 Å². The van der Waals surface area contributed by atoms with Crippen molar-refractivity contribution in [1.82, 2.24) is 24.5 Å². The number of para-hydroxylation sites is 2. The zero-order valence-electron chi connectivity index (χ0n) is 30.2. The Morgan fingerprint density at radius 3 is 1.89 bits per heavy atom. The van der Waals surface area contributed by atoms with E-state index >= 15 is 0 Å². The fraction of sp³-hybridized carbons (Fsp3) is 0.0833. The van der Waals surface area contributed by atoms with Gasteiger partial charge in [0.1, 0.15) is 11.2 Å². The van der Waals surface area contributed by atoms with Crippen molar-refractivity contribution < 1.29 is 4.42 Å². The van der Waals surface area contributed by atoms with Gasteiger partial charge in [0.15, 0.2) is 17.5 Å². The van der Waals surface area contributed by atoms with Gasteiger partial charge < -0.3 is 8.98 Å². The molecular formula is C48H35N5O. The fourth-order valence-corrected chi connectivity index (χ4v) is 7.53. The molecule has 4 aromatic heterocycles. The summed E-state index contributed by atoms with van der Waals surface area (Å²) in [5.41, 5.74) is 11.0. The zero-order chi connectivity index (χ0) is 36.4. The molecule has 10 rings (SSSR count). The second-order valence-electron chi connectivity index (χ2n) is 14.8. The summed E-state index contributed by atoms with van der Waals surface area (Å²) in [6, 6.07) is 50.6. The van der Waals surface area contributed by atoms with Crippen LogP contribution < -0.4 is 0 Å². The van der Waals surface area contributed by atoms with Crippen LogP contribution in [-0.4, -0.2) is 24.5 Å². The van der Waals surface area contributed by atoms with Gasteiger partial charge in [-0.15, -0.1) is 0 Å². The highest BCUT2D eigenvalue weighted by Gasteiger charge is 2.21. The van der Waals surface area contributed by atoms with Gasteiger partial charge in [-0.25, -0.2) is 15.0 Å². The molecule has 6 nitrogen and oxygen atoms in total. The summed E-state index contributed by atoms with van der Waals surface area (Å²) in [4.78, 5) is 19.9. The monoisotopic (exact) mass is 697 g/mol. The number of furan rings is 1. The van der Waals surface area contributed by atoms with E-state index in [0.29, 0.717) is 17.5 Å². The molecule has 258 valence electrons. The minimum Gasteiger partial charge on any atom is -0.456 e. The van der Waals surface area contributed by atoms with E-state index < -0.39 is 0 Å². The first-order chi connectivity index (χ1) is 26.4. The highest BCUT2D eigenvalue weighted by molar-refractivity contribution is 6.11. The van der Waals surface area contributed by atoms with E-state index in [1.165, 1.54) is 10.9 Å². The van der Waals surface area contributed by atoms with Crippen LogP contribution in [0.5, 0.6) is 0 Å². The summed E-state index contributed by atoms with van der Waals surface area (Å²) in [5.74, 6) is 1.78. The van der Waals surface area contributed by atoms with Gasteiger partial charge in [-0.3, -0.25) is 4.98 Å². The molecule has 54 heavy (non-hydrogen) atoms. The van der Waals surface area contributed by atoms with E-state index in [4.69, 9.17) is 19.4 Å². The van der Waals surface area contributed by atoms with E-state index in [0.717, 1.165) is 71.9 Å². The van der Waals surface area contributed by atoms with Gasteiger partial charge in [0.25, 0.3) is 0 Å². The predicted molar refractivity (Wildman–Crippen MR) is 220 cm³/mol. The summed E-state index contributed by atoms with van der Waals surface area (Å²) < 4.78 is 8.47. The van der Waals surface area contributed by atoms with Gasteiger partial charge in [0.05, 0.1) is 22.3 Å². The molecule has 0 atom stereocenters. The minimum absolute atomic E-state index is 0.0329. The third-order valence-corrected chi connectivity index (χ3v) is 10.3. The quantitative estimate of drug-likeness (QED) is 0.179. The lowest BCUT2D eigenvalue weighted by atomic mass is 9.87. The lowest BCUT2D eigenvalue weighted by molar-refractivity contribution is 0.590. The van der Waals surface area contributed by atoms with E-state index in [9.17, 15) is 0 Å². The lowest BCUT2D eigenvalue weighted by Crippen LogP contribution is -2.10. The van der Waals surface area contributed by atoms with Gasteiger partial charge in [-0.1, -0.05) is 130 Å². The molecule has 0 fully saturated rings. The first-order valence-corrected chi connectivity index (χ1v) is 18.2. The molecule has 0 amide bonds. The van der Waals surface area contributed by atoms with Gasteiger partial charge >= 0.3 is 0 Å². The van der Waals surface area contributed by atoms with Crippen LogP contribution in [0.4, 0.5) is 0 Å². The number of fused-ring (bicyclic) bond motifs is 6. The maximum Gasteiger partial charge on any atom is 0.167 e. The normalized spacial score (nSPS) is 12.0. The molecule has 10 aromatic rings. The Morgan fingerprint density at radius 1 is 0.481 bits per heavy atom. The maximum atomic E-state index is 6.15. The van der Waals surface area contributed by atoms with Crippen molar-refractivity contribution in [1.29, 1.82) is 0 Å². The van der Waals surface area contributed by atoms with Crippen molar-refractivity contribution >= 4 is 43.7 Å². The van der Waals surface area contributed by atoms with Crippen molar-refractivity contribution in [2.24, 2.45) is 0 Å². The first-order valence-electron chi connectivity index (χ1n) is 18.2. The van der Waals surface area contributed by atoms with Crippen molar-refractivity contribution in [3.05, 3.63) is 164 Å². The first kappa shape index (κ1) is 31.8. The Morgan fingerprint density at radius 2 is 1.09 bits per heavy atom. The van der Waals surface area contributed by atoms with Crippen molar-refractivity contribution in [3.63, 3.8) is 0 Å². The number of hydrogen-bond donors (Lipinski definition) is 0. The minimum atomic E-state index is 0.0329. The zero-order valence-corrected chi connectivity index (χ0v) is 30.2. The van der Waals surface area contributed by atoms with Crippen molar-refractivity contribution in [2.75, 3.05) is 0 Å². The smallest absolute Gasteiger partial charge is 0.167 e. The van der Waals surface area contributed by atoms with Crippen LogP contribution in [0, 0.1) is 0 Å². The number of aromatic nitrogens is 5. The molecule has 0 aliphatic rings. The second kappa shape index (κ2) is 12.3. The van der Waals surface area contributed by atoms with Crippen molar-refractivity contribution in [2.45, 2.75) is 26.2 Å². The third kappa shape index (κ3) is 5.34. The number of hydrogen-bond acceptors (Lipinski definition) is 5. The van der Waals surface area contributed by atoms with Crippen LogP contribution in [0.25, 0.3) is 94.7 Å². The molecule has 0 saturated heterocycles. The summed E-state index contributed by atoms with van der Waals surface area (Å²) in [6.45, 7) is 6.66. The Labute approximate surface area is 312 Å². The highest BCUT2D eigenvalue weighted by atomic mass is 16.3. The fourth-order valence-electron chi connectivity index (χ4n) is 7.53. The summed E-state index contributed by atoms with van der Waals surface area (Å²) in [6.07, 6.45) is 3.71. The van der Waals surface area contributed by atoms with E-state index in [-0.39, 0.29) is 5.41 Å². The third-order valence-electron chi connectivity index (χ3n) is 10.3. The second-order valence-corrected chi connectivity index (χ2v) is 14.8. The molecule has 0 bridgehead atoms. The Bertz CT molecular complexity index is 3020. The molecule has 0 spiro atoms. The SMILES string of the molecule is CC(C)(C)c1ccc(-c2nc(-c3ccccc3)nc(-c3cnccc3-n3c4ccccc4c4ccc(-c5ccc6oc7ccccc7c6c5)cc43)n2)cc1. The summed E-state index contributed by atoms with van der Waals surface area (Å²) >= 11 is 0. The summed E-state index contributed by atoms with van der Waals surface area (Å²) in [5, 5.41) is 4.54. The highest BCUT2D eigenvalue weighted by Crippen LogP contribution is 2.39. The standard InChI is InChI=1S/C48H35N5O/c1-48(2,3)34-21-17-31(18-22-34)46-50-45(30-11-5-4-6-12-30)51-47(52-46)39-29-49-26-25-41(39)53-40-15-9-7-13-35(40)36-23-19-33(28-42(36)53)32-20-24-44-38(27-32)37-14-8-10-16-43(37)54-44/h4-29H,1-3H3. The van der Waals surface area contributed by atoms with E-state index in [1.54, 1.807) is 0 Å². The van der Waals surface area contributed by atoms with Gasteiger partial charge in [-0.05, 0) is 58.5 Å². The molecule has 0 N–H and O–H groups in total. The predicted octanol–water partition coefficient (Wildman–Crippen LogP) is 12.2. The molecule has 0 radical (unpaired) electrons. The topological polar surface area (TPSA) is 69.6 Å². The number of benzene rings is 6. The Hall–Kier alpha value is -6.92. The van der Waals surface area contributed by atoms with Crippen LogP contribution in [0.15, 0.2) is 162 Å². The molecule has 0 aliphatic heterocycles. The number of rotatable bonds is 5. The van der Waals surface area contributed by atoms with Gasteiger partial charge in [-0.2, -0.15) is 0 Å². The lowest BCUT2D eigenvalue weighted by Gasteiger charge is -2.19. The molecule has 0 aliphatic carbocycles. The maximum absolute atomic E-state index is 6.15. The Kier molecular flexibility index (Phi) is 7.27. The molecule has 6 heteroatoms. The molecule has 4 heterocycles. The molecular weight excluding hydrogens is 663 g/mol. The number of nitrogens with zero attached hydrogens (tertiary/aromatic N) is 5. The van der Waals surface area contributed by atoms with Crippen LogP contribution in [0.3, 0.4) is 0 Å². The van der Waals surface area contributed by atoms with Crippen LogP contribution in [-0.2, 0) is 5.41 Å².